The molecule has 0 aromatic carbocycles. The monoisotopic (exact) mass is 215 g/mol. The van der Waals surface area contributed by atoms with Gasteiger partial charge in [-0.1, -0.05) is 20.3 Å². The fourth-order valence-electron chi connectivity index (χ4n) is 2.61. The SMILES string of the molecule is CCCC(C)(CO)CN1CCCC1CO. The average molecular weight is 215 g/mol. The molecule has 0 saturated carbocycles. The molecule has 2 atom stereocenters. The van der Waals surface area contributed by atoms with E-state index in [1.807, 2.05) is 0 Å². The lowest BCUT2D eigenvalue weighted by molar-refractivity contribution is 0.0599. The van der Waals surface area contributed by atoms with Gasteiger partial charge in [0.25, 0.3) is 0 Å². The van der Waals surface area contributed by atoms with E-state index in [4.69, 9.17) is 0 Å². The third-order valence-corrected chi connectivity index (χ3v) is 3.53. The average Bonchev–Trinajstić information content (AvgIpc) is 2.65. The maximum Gasteiger partial charge on any atom is 0.0586 e. The molecule has 0 radical (unpaired) electrons. The molecule has 2 N–H and O–H groups in total. The normalized spacial score (nSPS) is 26.8. The van der Waals surface area contributed by atoms with E-state index >= 15 is 0 Å². The van der Waals surface area contributed by atoms with Crippen LogP contribution in [-0.2, 0) is 0 Å². The molecule has 1 aliphatic rings. The molecule has 0 bridgehead atoms. The van der Waals surface area contributed by atoms with Gasteiger partial charge in [0, 0.05) is 24.6 Å². The predicted molar refractivity (Wildman–Crippen MR) is 61.8 cm³/mol. The van der Waals surface area contributed by atoms with E-state index in [2.05, 4.69) is 18.7 Å². The minimum Gasteiger partial charge on any atom is -0.396 e. The molecule has 1 heterocycles. The first-order valence-corrected chi connectivity index (χ1v) is 6.11. The summed E-state index contributed by atoms with van der Waals surface area (Å²) in [6.07, 6.45) is 4.44. The predicted octanol–water partition coefficient (Wildman–Crippen LogP) is 1.24. The molecule has 1 aliphatic heterocycles. The first-order valence-electron chi connectivity index (χ1n) is 6.11. The Hall–Kier alpha value is -0.120. The van der Waals surface area contributed by atoms with Crippen molar-refractivity contribution in [2.75, 3.05) is 26.3 Å². The van der Waals surface area contributed by atoms with E-state index < -0.39 is 0 Å². The number of likely N-dealkylation sites (tertiary alicyclic amines) is 1. The second kappa shape index (κ2) is 5.83. The van der Waals surface area contributed by atoms with Gasteiger partial charge in [-0.15, -0.1) is 0 Å². The highest BCUT2D eigenvalue weighted by Crippen LogP contribution is 2.28. The molecular formula is C12H25NO2. The zero-order valence-corrected chi connectivity index (χ0v) is 10.1. The zero-order valence-electron chi connectivity index (χ0n) is 10.1. The molecule has 1 fully saturated rings. The van der Waals surface area contributed by atoms with E-state index in [-0.39, 0.29) is 18.6 Å². The Labute approximate surface area is 93.1 Å². The van der Waals surface area contributed by atoms with Gasteiger partial charge >= 0.3 is 0 Å². The van der Waals surface area contributed by atoms with Crippen molar-refractivity contribution >= 4 is 0 Å². The van der Waals surface area contributed by atoms with Crippen molar-refractivity contribution in [1.29, 1.82) is 0 Å². The minimum atomic E-state index is 0.00646. The summed E-state index contributed by atoms with van der Waals surface area (Å²) < 4.78 is 0. The number of hydrogen-bond acceptors (Lipinski definition) is 3. The van der Waals surface area contributed by atoms with Crippen LogP contribution < -0.4 is 0 Å². The molecule has 3 heteroatoms. The van der Waals surface area contributed by atoms with E-state index in [1.54, 1.807) is 0 Å². The highest BCUT2D eigenvalue weighted by molar-refractivity contribution is 4.85. The van der Waals surface area contributed by atoms with Gasteiger partial charge in [-0.05, 0) is 25.8 Å². The molecule has 1 saturated heterocycles. The molecule has 1 rings (SSSR count). The summed E-state index contributed by atoms with van der Waals surface area (Å²) in [5.41, 5.74) is 0.00646. The van der Waals surface area contributed by atoms with Crippen LogP contribution in [0, 0.1) is 5.41 Å². The lowest BCUT2D eigenvalue weighted by Gasteiger charge is -2.34. The number of nitrogens with zero attached hydrogens (tertiary/aromatic N) is 1. The van der Waals surface area contributed by atoms with E-state index in [0.717, 1.165) is 32.4 Å². The van der Waals surface area contributed by atoms with Crippen LogP contribution in [0.15, 0.2) is 0 Å². The lowest BCUT2D eigenvalue weighted by atomic mass is 9.86. The molecular weight excluding hydrogens is 190 g/mol. The fourth-order valence-corrected chi connectivity index (χ4v) is 2.61. The van der Waals surface area contributed by atoms with Crippen LogP contribution in [-0.4, -0.2) is 47.5 Å². The van der Waals surface area contributed by atoms with Crippen molar-refractivity contribution < 1.29 is 10.2 Å². The standard InChI is InChI=1S/C12H25NO2/c1-3-6-12(2,10-15)9-13-7-4-5-11(13)8-14/h11,14-15H,3-10H2,1-2H3. The van der Waals surface area contributed by atoms with Gasteiger partial charge in [-0.2, -0.15) is 0 Å². The van der Waals surface area contributed by atoms with E-state index in [9.17, 15) is 10.2 Å². The first kappa shape index (κ1) is 12.9. The fraction of sp³-hybridized carbons (Fsp3) is 1.00. The highest BCUT2D eigenvalue weighted by atomic mass is 16.3. The Morgan fingerprint density at radius 1 is 1.40 bits per heavy atom. The van der Waals surface area contributed by atoms with Crippen LogP contribution in [0.25, 0.3) is 0 Å². The first-order chi connectivity index (χ1) is 7.15. The van der Waals surface area contributed by atoms with Gasteiger partial charge in [0.15, 0.2) is 0 Å². The largest absolute Gasteiger partial charge is 0.396 e. The molecule has 90 valence electrons. The van der Waals surface area contributed by atoms with Crippen LogP contribution in [0.4, 0.5) is 0 Å². The van der Waals surface area contributed by atoms with Crippen molar-refractivity contribution in [3.8, 4) is 0 Å². The Morgan fingerprint density at radius 2 is 2.13 bits per heavy atom. The van der Waals surface area contributed by atoms with Crippen LogP contribution in [0.2, 0.25) is 0 Å². The van der Waals surface area contributed by atoms with Crippen molar-refractivity contribution in [2.24, 2.45) is 5.41 Å². The van der Waals surface area contributed by atoms with Gasteiger partial charge in [-0.3, -0.25) is 4.90 Å². The molecule has 0 aromatic heterocycles. The summed E-state index contributed by atoms with van der Waals surface area (Å²) in [5.74, 6) is 0. The summed E-state index contributed by atoms with van der Waals surface area (Å²) in [5, 5.41) is 18.7. The van der Waals surface area contributed by atoms with Crippen molar-refractivity contribution in [2.45, 2.75) is 45.6 Å². The van der Waals surface area contributed by atoms with Gasteiger partial charge in [0.1, 0.15) is 0 Å². The van der Waals surface area contributed by atoms with Gasteiger partial charge in [0.2, 0.25) is 0 Å². The topological polar surface area (TPSA) is 43.7 Å². The number of aliphatic hydroxyl groups is 2. The Balaban J connectivity index is 2.50. The van der Waals surface area contributed by atoms with Crippen molar-refractivity contribution in [1.82, 2.24) is 4.90 Å². The molecule has 0 aliphatic carbocycles. The molecule has 3 nitrogen and oxygen atoms in total. The summed E-state index contributed by atoms with van der Waals surface area (Å²) in [7, 11) is 0. The van der Waals surface area contributed by atoms with Crippen molar-refractivity contribution in [3.63, 3.8) is 0 Å². The van der Waals surface area contributed by atoms with E-state index in [0.29, 0.717) is 6.04 Å². The van der Waals surface area contributed by atoms with Crippen LogP contribution >= 0.6 is 0 Å². The Morgan fingerprint density at radius 3 is 2.67 bits per heavy atom. The van der Waals surface area contributed by atoms with Crippen molar-refractivity contribution in [3.05, 3.63) is 0 Å². The van der Waals surface area contributed by atoms with E-state index in [1.165, 1.54) is 6.42 Å². The molecule has 0 spiro atoms. The number of rotatable bonds is 6. The molecule has 0 amide bonds. The van der Waals surface area contributed by atoms with Crippen LogP contribution in [0.3, 0.4) is 0 Å². The summed E-state index contributed by atoms with van der Waals surface area (Å²) in [6, 6.07) is 0.327. The molecule has 0 aromatic rings. The second-order valence-corrected chi connectivity index (χ2v) is 5.17. The Bertz CT molecular complexity index is 186. The third kappa shape index (κ3) is 3.44. The number of aliphatic hydroxyl groups excluding tert-OH is 2. The number of hydrogen-bond donors (Lipinski definition) is 2. The highest BCUT2D eigenvalue weighted by Gasteiger charge is 2.31. The zero-order chi connectivity index (χ0) is 11.3. The van der Waals surface area contributed by atoms with Gasteiger partial charge < -0.3 is 10.2 Å². The second-order valence-electron chi connectivity index (χ2n) is 5.17. The smallest absolute Gasteiger partial charge is 0.0586 e. The van der Waals surface area contributed by atoms with Crippen LogP contribution in [0.5, 0.6) is 0 Å². The maximum absolute atomic E-state index is 9.45. The Kier molecular flexibility index (Phi) is 5.03. The lowest BCUT2D eigenvalue weighted by Crippen LogP contribution is -2.42. The summed E-state index contributed by atoms with van der Waals surface area (Å²) in [4.78, 5) is 2.34. The minimum absolute atomic E-state index is 0.00646. The quantitative estimate of drug-likeness (QED) is 0.700. The molecule has 2 unspecified atom stereocenters. The maximum atomic E-state index is 9.45. The van der Waals surface area contributed by atoms with Crippen LogP contribution in [0.1, 0.15) is 39.5 Å². The third-order valence-electron chi connectivity index (χ3n) is 3.53. The summed E-state index contributed by atoms with van der Waals surface area (Å²) in [6.45, 7) is 6.79. The summed E-state index contributed by atoms with van der Waals surface area (Å²) >= 11 is 0. The molecule has 15 heavy (non-hydrogen) atoms. The van der Waals surface area contributed by atoms with Gasteiger partial charge in [0.05, 0.1) is 6.61 Å². The van der Waals surface area contributed by atoms with Gasteiger partial charge in [-0.25, -0.2) is 0 Å².